The average Bonchev–Trinajstić information content (AvgIpc) is 2.95. The first kappa shape index (κ1) is 15.5. The number of likely N-dealkylation sites (tertiary alicyclic amines) is 1. The van der Waals surface area contributed by atoms with Crippen LogP contribution in [-0.2, 0) is 16.0 Å². The Bertz CT molecular complexity index is 504. The van der Waals surface area contributed by atoms with Gasteiger partial charge in [-0.05, 0) is 40.9 Å². The average molecular weight is 362 g/mol. The van der Waals surface area contributed by atoms with Gasteiger partial charge in [0.1, 0.15) is 6.04 Å². The van der Waals surface area contributed by atoms with Crippen LogP contribution >= 0.6 is 27.3 Å². The quantitative estimate of drug-likeness (QED) is 0.839. The number of nitrogens with zero attached hydrogens (tertiary/aromatic N) is 1. The molecule has 2 N–H and O–H groups in total. The van der Waals surface area contributed by atoms with Crippen molar-refractivity contribution in [2.24, 2.45) is 0 Å². The normalized spacial score (nSPS) is 22.2. The van der Waals surface area contributed by atoms with Crippen LogP contribution in [0.25, 0.3) is 0 Å². The lowest BCUT2D eigenvalue weighted by molar-refractivity contribution is -0.148. The number of rotatable bonds is 5. The van der Waals surface area contributed by atoms with E-state index in [0.29, 0.717) is 12.8 Å². The Hall–Kier alpha value is -0.920. The van der Waals surface area contributed by atoms with Crippen LogP contribution in [0.15, 0.2) is 15.9 Å². The minimum Gasteiger partial charge on any atom is -0.480 e. The fourth-order valence-electron chi connectivity index (χ4n) is 2.37. The van der Waals surface area contributed by atoms with Gasteiger partial charge in [-0.1, -0.05) is 0 Å². The summed E-state index contributed by atoms with van der Waals surface area (Å²) in [6, 6.07) is 3.10. The molecule has 0 aromatic carbocycles. The maximum atomic E-state index is 12.0. The molecule has 1 fully saturated rings. The number of thiophene rings is 1. The highest BCUT2D eigenvalue weighted by molar-refractivity contribution is 9.11. The highest BCUT2D eigenvalue weighted by Gasteiger charge is 2.38. The van der Waals surface area contributed by atoms with Crippen LogP contribution in [0.2, 0.25) is 0 Å². The number of carboxylic acid groups (broad SMARTS) is 1. The van der Waals surface area contributed by atoms with E-state index in [1.54, 1.807) is 11.3 Å². The smallest absolute Gasteiger partial charge is 0.326 e. The number of carbonyl (C=O) groups is 2. The van der Waals surface area contributed by atoms with Crippen molar-refractivity contribution in [2.45, 2.75) is 37.8 Å². The maximum Gasteiger partial charge on any atom is 0.326 e. The molecule has 20 heavy (non-hydrogen) atoms. The molecule has 1 aliphatic heterocycles. The van der Waals surface area contributed by atoms with Gasteiger partial charge < -0.3 is 15.1 Å². The summed E-state index contributed by atoms with van der Waals surface area (Å²) in [5.41, 5.74) is 0. The lowest BCUT2D eigenvalue weighted by Gasteiger charge is -2.21. The number of aliphatic hydroxyl groups excluding tert-OH is 1. The molecular formula is C13H16BrNO4S. The van der Waals surface area contributed by atoms with Crippen LogP contribution in [-0.4, -0.2) is 45.7 Å². The molecule has 1 amide bonds. The van der Waals surface area contributed by atoms with Crippen LogP contribution in [0, 0.1) is 0 Å². The molecule has 1 aromatic rings. The van der Waals surface area contributed by atoms with E-state index >= 15 is 0 Å². The molecule has 2 rings (SSSR count). The number of hydrogen-bond donors (Lipinski definition) is 2. The molecule has 0 bridgehead atoms. The second kappa shape index (κ2) is 6.69. The molecule has 0 radical (unpaired) electrons. The number of aliphatic carboxylic acids is 1. The first-order valence-electron chi connectivity index (χ1n) is 6.42. The van der Waals surface area contributed by atoms with Crippen molar-refractivity contribution < 1.29 is 19.8 Å². The number of aryl methyl sites for hydroxylation is 1. The molecule has 110 valence electrons. The predicted octanol–water partition coefficient (Wildman–Crippen LogP) is 1.88. The van der Waals surface area contributed by atoms with Gasteiger partial charge in [0.05, 0.1) is 9.89 Å². The molecule has 7 heteroatoms. The van der Waals surface area contributed by atoms with Gasteiger partial charge >= 0.3 is 5.97 Å². The Labute approximate surface area is 129 Å². The summed E-state index contributed by atoms with van der Waals surface area (Å²) in [5, 5.41) is 18.6. The number of carboxylic acids is 1. The summed E-state index contributed by atoms with van der Waals surface area (Å²) >= 11 is 5.02. The summed E-state index contributed by atoms with van der Waals surface area (Å²) in [6.07, 6.45) is 1.19. The zero-order chi connectivity index (χ0) is 14.7. The van der Waals surface area contributed by atoms with Crippen molar-refractivity contribution in [1.82, 2.24) is 4.90 Å². The minimum absolute atomic E-state index is 0.124. The van der Waals surface area contributed by atoms with E-state index in [1.165, 1.54) is 9.78 Å². The lowest BCUT2D eigenvalue weighted by atomic mass is 10.1. The number of halogens is 1. The van der Waals surface area contributed by atoms with Crippen molar-refractivity contribution in [3.63, 3.8) is 0 Å². The summed E-state index contributed by atoms with van der Waals surface area (Å²) < 4.78 is 1.06. The van der Waals surface area contributed by atoms with E-state index in [1.807, 2.05) is 12.1 Å². The van der Waals surface area contributed by atoms with Gasteiger partial charge in [0, 0.05) is 24.3 Å². The number of aliphatic hydroxyl groups is 1. The van der Waals surface area contributed by atoms with E-state index in [9.17, 15) is 14.7 Å². The summed E-state index contributed by atoms with van der Waals surface area (Å²) in [5.74, 6) is -1.23. The summed E-state index contributed by atoms with van der Waals surface area (Å²) in [6.45, 7) is 0.125. The van der Waals surface area contributed by atoms with E-state index in [4.69, 9.17) is 5.11 Å². The minimum atomic E-state index is -1.04. The molecular weight excluding hydrogens is 346 g/mol. The fourth-order valence-corrected chi connectivity index (χ4v) is 3.89. The van der Waals surface area contributed by atoms with Crippen LogP contribution in [0.5, 0.6) is 0 Å². The largest absolute Gasteiger partial charge is 0.480 e. The fraction of sp³-hybridized carbons (Fsp3) is 0.538. The number of hydrogen-bond acceptors (Lipinski definition) is 4. The van der Waals surface area contributed by atoms with Gasteiger partial charge in [0.15, 0.2) is 0 Å². The van der Waals surface area contributed by atoms with Gasteiger partial charge in [-0.25, -0.2) is 4.79 Å². The molecule has 1 saturated heterocycles. The summed E-state index contributed by atoms with van der Waals surface area (Å²) in [4.78, 5) is 25.6. The number of carbonyl (C=O) groups excluding carboxylic acids is 1. The Morgan fingerprint density at radius 2 is 2.20 bits per heavy atom. The molecule has 2 heterocycles. The van der Waals surface area contributed by atoms with Crippen LogP contribution in [0.1, 0.15) is 24.1 Å². The predicted molar refractivity (Wildman–Crippen MR) is 78.7 cm³/mol. The van der Waals surface area contributed by atoms with Gasteiger partial charge in [-0.2, -0.15) is 0 Å². The third kappa shape index (κ3) is 3.80. The zero-order valence-electron chi connectivity index (χ0n) is 10.8. The molecule has 1 aliphatic rings. The molecule has 5 nitrogen and oxygen atoms in total. The third-order valence-corrected chi connectivity index (χ3v) is 5.01. The molecule has 2 atom stereocenters. The third-order valence-electron chi connectivity index (χ3n) is 3.33. The molecule has 2 unspecified atom stereocenters. The van der Waals surface area contributed by atoms with Gasteiger partial charge in [-0.15, -0.1) is 11.3 Å². The molecule has 0 spiro atoms. The van der Waals surface area contributed by atoms with Gasteiger partial charge in [0.25, 0.3) is 0 Å². The topological polar surface area (TPSA) is 77.8 Å². The highest BCUT2D eigenvalue weighted by atomic mass is 79.9. The SMILES string of the molecule is O=C(O)C1CC(O)CN1C(=O)CCCc1ccc(Br)s1. The summed E-state index contributed by atoms with van der Waals surface area (Å²) in [7, 11) is 0. The second-order valence-corrected chi connectivity index (χ2v) is 7.40. The lowest BCUT2D eigenvalue weighted by Crippen LogP contribution is -2.40. The van der Waals surface area contributed by atoms with E-state index in [0.717, 1.165) is 10.2 Å². The van der Waals surface area contributed by atoms with E-state index < -0.39 is 18.1 Å². The van der Waals surface area contributed by atoms with Gasteiger partial charge in [0.2, 0.25) is 5.91 Å². The second-order valence-electron chi connectivity index (χ2n) is 4.85. The zero-order valence-corrected chi connectivity index (χ0v) is 13.2. The first-order valence-corrected chi connectivity index (χ1v) is 8.03. The highest BCUT2D eigenvalue weighted by Crippen LogP contribution is 2.24. The van der Waals surface area contributed by atoms with Gasteiger partial charge in [-0.3, -0.25) is 4.79 Å². The Kier molecular flexibility index (Phi) is 5.17. The van der Waals surface area contributed by atoms with Crippen LogP contribution in [0.3, 0.4) is 0 Å². The van der Waals surface area contributed by atoms with Crippen molar-refractivity contribution in [2.75, 3.05) is 6.54 Å². The molecule has 1 aromatic heterocycles. The number of amides is 1. The van der Waals surface area contributed by atoms with Crippen molar-refractivity contribution in [3.05, 3.63) is 20.8 Å². The van der Waals surface area contributed by atoms with Crippen LogP contribution in [0.4, 0.5) is 0 Å². The molecule has 0 aliphatic carbocycles. The van der Waals surface area contributed by atoms with Crippen LogP contribution < -0.4 is 0 Å². The van der Waals surface area contributed by atoms with Crippen molar-refractivity contribution in [1.29, 1.82) is 0 Å². The number of β-amino-alcohol motifs (C(OH)–C–C–N with tert-alkyl or cyclic N) is 1. The Morgan fingerprint density at radius 3 is 2.80 bits per heavy atom. The maximum absolute atomic E-state index is 12.0. The van der Waals surface area contributed by atoms with E-state index in [2.05, 4.69) is 15.9 Å². The standard InChI is InChI=1S/C13H16BrNO4S/c14-11-5-4-9(20-11)2-1-3-12(17)15-7-8(16)6-10(15)13(18)19/h4-5,8,10,16H,1-3,6-7H2,(H,18,19). The Balaban J connectivity index is 1.83. The Morgan fingerprint density at radius 1 is 1.45 bits per heavy atom. The first-order chi connectivity index (χ1) is 9.47. The monoisotopic (exact) mass is 361 g/mol. The van der Waals surface area contributed by atoms with Crippen molar-refractivity contribution in [3.8, 4) is 0 Å². The van der Waals surface area contributed by atoms with Crippen molar-refractivity contribution >= 4 is 39.1 Å². The molecule has 0 saturated carbocycles. The van der Waals surface area contributed by atoms with E-state index in [-0.39, 0.29) is 18.9 Å².